The molecule has 0 unspecified atom stereocenters. The van der Waals surface area contributed by atoms with E-state index in [1.54, 1.807) is 18.2 Å². The molecule has 0 aliphatic carbocycles. The SMILES string of the molecule is CCCCC(CCCC)(CCCC(c1cccc(F)c1)(c1cccc(F)c1)c1cccc(F)c1)C(CCCC)(CCCC)B(O)O. The summed E-state index contributed by atoms with van der Waals surface area (Å²) in [5, 5.41) is 22.1. The second-order valence-corrected chi connectivity index (χ2v) is 13.5. The van der Waals surface area contributed by atoms with E-state index < -0.39 is 35.3 Å². The first-order valence-electron chi connectivity index (χ1n) is 17.8. The van der Waals surface area contributed by atoms with Gasteiger partial charge < -0.3 is 10.0 Å². The lowest BCUT2D eigenvalue weighted by molar-refractivity contribution is 0.0695. The first-order chi connectivity index (χ1) is 22.1. The van der Waals surface area contributed by atoms with E-state index in [-0.39, 0.29) is 5.41 Å². The summed E-state index contributed by atoms with van der Waals surface area (Å²) in [7, 11) is -1.45. The maximum Gasteiger partial charge on any atom is 0.458 e. The van der Waals surface area contributed by atoms with E-state index in [2.05, 4.69) is 27.7 Å². The van der Waals surface area contributed by atoms with E-state index >= 15 is 0 Å². The summed E-state index contributed by atoms with van der Waals surface area (Å²) in [4.78, 5) is 0. The van der Waals surface area contributed by atoms with E-state index in [0.29, 0.717) is 29.5 Å². The Labute approximate surface area is 277 Å². The molecule has 6 heteroatoms. The van der Waals surface area contributed by atoms with Crippen molar-refractivity contribution >= 4 is 7.12 Å². The van der Waals surface area contributed by atoms with Gasteiger partial charge in [0.05, 0.1) is 0 Å². The molecule has 0 spiro atoms. The van der Waals surface area contributed by atoms with E-state index in [1.807, 2.05) is 18.2 Å². The van der Waals surface area contributed by atoms with E-state index in [9.17, 15) is 23.2 Å². The fourth-order valence-electron chi connectivity index (χ4n) is 8.21. The van der Waals surface area contributed by atoms with Crippen LogP contribution in [0, 0.1) is 22.9 Å². The Morgan fingerprint density at radius 1 is 0.500 bits per heavy atom. The van der Waals surface area contributed by atoms with E-state index in [0.717, 1.165) is 83.5 Å². The molecule has 46 heavy (non-hydrogen) atoms. The van der Waals surface area contributed by atoms with Crippen LogP contribution in [0.15, 0.2) is 72.8 Å². The molecule has 0 aromatic heterocycles. The predicted octanol–water partition coefficient (Wildman–Crippen LogP) is 11.6. The molecule has 2 nitrogen and oxygen atoms in total. The first-order valence-corrected chi connectivity index (χ1v) is 17.8. The molecule has 0 saturated heterocycles. The van der Waals surface area contributed by atoms with Gasteiger partial charge in [-0.1, -0.05) is 122 Å². The van der Waals surface area contributed by atoms with Crippen LogP contribution in [0.25, 0.3) is 0 Å². The number of rotatable bonds is 21. The minimum absolute atomic E-state index is 0.338. The smallest absolute Gasteiger partial charge is 0.427 e. The van der Waals surface area contributed by atoms with Gasteiger partial charge in [-0.05, 0) is 97.0 Å². The van der Waals surface area contributed by atoms with Gasteiger partial charge in [0.15, 0.2) is 0 Å². The number of hydrogen-bond donors (Lipinski definition) is 2. The van der Waals surface area contributed by atoms with Gasteiger partial charge in [0.1, 0.15) is 17.5 Å². The molecule has 0 atom stereocenters. The second kappa shape index (κ2) is 18.1. The average molecular weight is 637 g/mol. The van der Waals surface area contributed by atoms with Gasteiger partial charge >= 0.3 is 7.12 Å². The Balaban J connectivity index is 2.25. The molecule has 0 amide bonds. The largest absolute Gasteiger partial charge is 0.458 e. The number of unbranched alkanes of at least 4 members (excludes halogenated alkanes) is 4. The van der Waals surface area contributed by atoms with Crippen LogP contribution in [0.1, 0.15) is 141 Å². The van der Waals surface area contributed by atoms with Crippen molar-refractivity contribution in [1.29, 1.82) is 0 Å². The molecule has 3 rings (SSSR count). The van der Waals surface area contributed by atoms with Crippen LogP contribution in [-0.2, 0) is 5.41 Å². The van der Waals surface area contributed by atoms with Crippen LogP contribution in [0.5, 0.6) is 0 Å². The van der Waals surface area contributed by atoms with Crippen molar-refractivity contribution < 1.29 is 23.2 Å². The highest BCUT2D eigenvalue weighted by Gasteiger charge is 2.55. The fourth-order valence-corrected chi connectivity index (χ4v) is 8.21. The summed E-state index contributed by atoms with van der Waals surface area (Å²) in [6, 6.07) is 19.2. The Morgan fingerprint density at radius 2 is 0.848 bits per heavy atom. The third-order valence-corrected chi connectivity index (χ3v) is 10.7. The van der Waals surface area contributed by atoms with Crippen LogP contribution in [0.3, 0.4) is 0 Å². The zero-order chi connectivity index (χ0) is 33.6. The maximum absolute atomic E-state index is 15.0. The van der Waals surface area contributed by atoms with Crippen molar-refractivity contribution in [2.24, 2.45) is 5.41 Å². The number of halogens is 3. The van der Waals surface area contributed by atoms with Crippen LogP contribution >= 0.6 is 0 Å². The molecule has 0 saturated carbocycles. The lowest BCUT2D eigenvalue weighted by Gasteiger charge is -2.53. The van der Waals surface area contributed by atoms with Crippen molar-refractivity contribution in [2.45, 2.75) is 135 Å². The standard InChI is InChI=1S/C40H56BF3O2/c1-5-9-23-38(24-10-6-2,39(41(45)46,26-11-7-3)27-12-8-4)25-16-28-40(32-17-13-20-35(42)29-32,33-18-14-21-36(43)30-33)34-19-15-22-37(44)31-34/h13-15,17-22,29-31,45-46H,5-12,16,23-28H2,1-4H3. The van der Waals surface area contributed by atoms with Gasteiger partial charge in [-0.15, -0.1) is 0 Å². The highest BCUT2D eigenvalue weighted by molar-refractivity contribution is 6.46. The summed E-state index contributed by atoms with van der Waals surface area (Å²) in [6.07, 6.45) is 12.9. The quantitative estimate of drug-likeness (QED) is 0.0902. The monoisotopic (exact) mass is 636 g/mol. The van der Waals surface area contributed by atoms with E-state index in [4.69, 9.17) is 0 Å². The maximum atomic E-state index is 15.0. The van der Waals surface area contributed by atoms with Crippen molar-refractivity contribution in [2.75, 3.05) is 0 Å². The molecule has 2 N–H and O–H groups in total. The van der Waals surface area contributed by atoms with Gasteiger partial charge in [-0.2, -0.15) is 0 Å². The topological polar surface area (TPSA) is 40.5 Å². The molecule has 0 fully saturated rings. The third kappa shape index (κ3) is 8.66. The minimum atomic E-state index is -1.45. The van der Waals surface area contributed by atoms with Crippen LogP contribution in [0.2, 0.25) is 5.31 Å². The Hall–Kier alpha value is -2.57. The van der Waals surface area contributed by atoms with Crippen molar-refractivity contribution in [3.05, 3.63) is 107 Å². The Kier molecular flexibility index (Phi) is 14.9. The number of benzene rings is 3. The molecule has 0 bridgehead atoms. The first kappa shape index (κ1) is 37.9. The molecule has 0 radical (unpaired) electrons. The second-order valence-electron chi connectivity index (χ2n) is 13.5. The molecule has 0 aliphatic heterocycles. The molecule has 252 valence electrons. The number of hydrogen-bond acceptors (Lipinski definition) is 2. The van der Waals surface area contributed by atoms with Gasteiger partial charge in [-0.25, -0.2) is 13.2 Å². The molecule has 0 heterocycles. The van der Waals surface area contributed by atoms with Gasteiger partial charge in [0.2, 0.25) is 0 Å². The molecular weight excluding hydrogens is 580 g/mol. The lowest BCUT2D eigenvalue weighted by atomic mass is 9.39. The summed E-state index contributed by atoms with van der Waals surface area (Å²) in [5.41, 5.74) is 0.557. The zero-order valence-corrected chi connectivity index (χ0v) is 28.6. The molecule has 0 aliphatic rings. The van der Waals surface area contributed by atoms with Gasteiger partial charge in [0.25, 0.3) is 0 Å². The van der Waals surface area contributed by atoms with Crippen molar-refractivity contribution in [1.82, 2.24) is 0 Å². The zero-order valence-electron chi connectivity index (χ0n) is 28.6. The Morgan fingerprint density at radius 3 is 1.17 bits per heavy atom. The fraction of sp³-hybridized carbons (Fsp3) is 0.550. The third-order valence-electron chi connectivity index (χ3n) is 10.7. The summed E-state index contributed by atoms with van der Waals surface area (Å²) >= 11 is 0. The molecule has 3 aromatic rings. The summed E-state index contributed by atoms with van der Waals surface area (Å²) in [6.45, 7) is 8.67. The van der Waals surface area contributed by atoms with Crippen molar-refractivity contribution in [3.8, 4) is 0 Å². The highest BCUT2D eigenvalue weighted by Crippen LogP contribution is 2.62. The van der Waals surface area contributed by atoms with Crippen molar-refractivity contribution in [3.63, 3.8) is 0 Å². The van der Waals surface area contributed by atoms with Crippen LogP contribution < -0.4 is 0 Å². The summed E-state index contributed by atoms with van der Waals surface area (Å²) in [5.74, 6) is -1.22. The van der Waals surface area contributed by atoms with Crippen LogP contribution in [0.4, 0.5) is 13.2 Å². The minimum Gasteiger partial charge on any atom is -0.427 e. The summed E-state index contributed by atoms with van der Waals surface area (Å²) < 4.78 is 44.9. The highest BCUT2D eigenvalue weighted by atomic mass is 19.1. The van der Waals surface area contributed by atoms with Crippen LogP contribution in [-0.4, -0.2) is 17.2 Å². The predicted molar refractivity (Wildman–Crippen MR) is 186 cm³/mol. The van der Waals surface area contributed by atoms with Gasteiger partial charge in [-0.3, -0.25) is 0 Å². The van der Waals surface area contributed by atoms with E-state index in [1.165, 1.54) is 36.4 Å². The normalized spacial score (nSPS) is 12.5. The molecule has 3 aromatic carbocycles. The Bertz CT molecular complexity index is 1200. The lowest BCUT2D eigenvalue weighted by Crippen LogP contribution is -2.48. The molecular formula is C40H56BF3O2. The average Bonchev–Trinajstić information content (AvgIpc) is 3.04. The van der Waals surface area contributed by atoms with Gasteiger partial charge in [0, 0.05) is 10.7 Å².